The Hall–Kier alpha value is -3.92. The molecule has 1 saturated heterocycles. The van der Waals surface area contributed by atoms with Crippen LogP contribution in [0, 0.1) is 12.8 Å². The molecule has 1 aliphatic heterocycles. The number of amides is 1. The highest BCUT2D eigenvalue weighted by atomic mass is 16.5. The Labute approximate surface area is 197 Å². The zero-order chi connectivity index (χ0) is 24.1. The third kappa shape index (κ3) is 5.34. The van der Waals surface area contributed by atoms with Gasteiger partial charge in [0.1, 0.15) is 18.5 Å². The van der Waals surface area contributed by atoms with Crippen molar-refractivity contribution in [2.45, 2.75) is 25.9 Å². The number of piperidine rings is 1. The first-order valence-corrected chi connectivity index (χ1v) is 11.1. The molecule has 0 radical (unpaired) electrons. The SMILES string of the molecule is C=CCOC(=O)NC1CCN(Cc2ccn3ncnc(Nc4cccc(C)c4)c23)CC1C(=O)O. The fourth-order valence-electron chi connectivity index (χ4n) is 4.25. The van der Waals surface area contributed by atoms with Crippen molar-refractivity contribution < 1.29 is 19.4 Å². The summed E-state index contributed by atoms with van der Waals surface area (Å²) in [6.45, 7) is 7.06. The van der Waals surface area contributed by atoms with E-state index in [1.165, 1.54) is 12.4 Å². The van der Waals surface area contributed by atoms with Crippen LogP contribution in [0.4, 0.5) is 16.3 Å². The zero-order valence-corrected chi connectivity index (χ0v) is 19.0. The van der Waals surface area contributed by atoms with Crippen LogP contribution < -0.4 is 10.6 Å². The zero-order valence-electron chi connectivity index (χ0n) is 19.0. The van der Waals surface area contributed by atoms with Crippen LogP contribution in [-0.2, 0) is 16.1 Å². The molecule has 2 aromatic heterocycles. The predicted molar refractivity (Wildman–Crippen MR) is 127 cm³/mol. The van der Waals surface area contributed by atoms with Crippen LogP contribution in [0.2, 0.25) is 0 Å². The van der Waals surface area contributed by atoms with E-state index in [9.17, 15) is 14.7 Å². The number of nitrogens with zero attached hydrogens (tertiary/aromatic N) is 4. The van der Waals surface area contributed by atoms with Gasteiger partial charge in [-0.3, -0.25) is 9.69 Å². The van der Waals surface area contributed by atoms with Crippen LogP contribution in [0.3, 0.4) is 0 Å². The number of anilines is 2. The van der Waals surface area contributed by atoms with Crippen molar-refractivity contribution in [2.75, 3.05) is 25.0 Å². The molecule has 10 nitrogen and oxygen atoms in total. The average Bonchev–Trinajstić information content (AvgIpc) is 3.22. The molecule has 1 aliphatic rings. The van der Waals surface area contributed by atoms with Gasteiger partial charge in [-0.25, -0.2) is 14.3 Å². The average molecular weight is 465 g/mol. The number of aromatic nitrogens is 3. The summed E-state index contributed by atoms with van der Waals surface area (Å²) >= 11 is 0. The number of nitrogens with one attached hydrogen (secondary N) is 2. The lowest BCUT2D eigenvalue weighted by molar-refractivity contribution is -0.144. The van der Waals surface area contributed by atoms with Crippen LogP contribution >= 0.6 is 0 Å². The van der Waals surface area contributed by atoms with Crippen LogP contribution in [0.15, 0.2) is 55.5 Å². The lowest BCUT2D eigenvalue weighted by atomic mass is 9.92. The van der Waals surface area contributed by atoms with Crippen LogP contribution in [0.25, 0.3) is 5.52 Å². The Morgan fingerprint density at radius 2 is 2.21 bits per heavy atom. The summed E-state index contributed by atoms with van der Waals surface area (Å²) < 4.78 is 6.72. The van der Waals surface area contributed by atoms with Gasteiger partial charge in [0.15, 0.2) is 5.82 Å². The number of aryl methyl sites for hydroxylation is 1. The number of hydrogen-bond acceptors (Lipinski definition) is 7. The van der Waals surface area contributed by atoms with E-state index in [4.69, 9.17) is 4.74 Å². The van der Waals surface area contributed by atoms with Crippen molar-refractivity contribution >= 4 is 29.1 Å². The highest BCUT2D eigenvalue weighted by Gasteiger charge is 2.35. The molecule has 1 aromatic carbocycles. The van der Waals surface area contributed by atoms with Gasteiger partial charge in [0.05, 0.1) is 5.92 Å². The number of ether oxygens (including phenoxy) is 1. The number of carbonyl (C=O) groups excluding carboxylic acids is 1. The van der Waals surface area contributed by atoms with Crippen molar-refractivity contribution in [2.24, 2.45) is 5.92 Å². The number of hydrogen-bond donors (Lipinski definition) is 3. The first-order valence-electron chi connectivity index (χ1n) is 11.1. The normalized spacial score (nSPS) is 18.4. The Morgan fingerprint density at radius 3 is 2.97 bits per heavy atom. The molecular formula is C24H28N6O4. The molecule has 4 rings (SSSR count). The fourth-order valence-corrected chi connectivity index (χ4v) is 4.25. The monoisotopic (exact) mass is 464 g/mol. The molecule has 10 heteroatoms. The summed E-state index contributed by atoms with van der Waals surface area (Å²) in [4.78, 5) is 30.4. The lowest BCUT2D eigenvalue weighted by Gasteiger charge is -2.36. The van der Waals surface area contributed by atoms with E-state index in [1.54, 1.807) is 4.52 Å². The molecule has 3 heterocycles. The summed E-state index contributed by atoms with van der Waals surface area (Å²) in [6, 6.07) is 9.49. The predicted octanol–water partition coefficient (Wildman–Crippen LogP) is 2.97. The summed E-state index contributed by atoms with van der Waals surface area (Å²) in [5.74, 6) is -1.03. The third-order valence-corrected chi connectivity index (χ3v) is 5.86. The van der Waals surface area contributed by atoms with E-state index in [2.05, 4.69) is 32.2 Å². The van der Waals surface area contributed by atoms with Gasteiger partial charge < -0.3 is 20.5 Å². The number of carbonyl (C=O) groups is 2. The van der Waals surface area contributed by atoms with Gasteiger partial charge in [-0.15, -0.1) is 0 Å². The van der Waals surface area contributed by atoms with Gasteiger partial charge in [0.25, 0.3) is 0 Å². The van der Waals surface area contributed by atoms with Crippen molar-refractivity contribution in [3.05, 3.63) is 66.6 Å². The first-order chi connectivity index (χ1) is 16.4. The molecule has 3 N–H and O–H groups in total. The maximum atomic E-state index is 11.9. The van der Waals surface area contributed by atoms with Crippen molar-refractivity contribution in [3.8, 4) is 0 Å². The van der Waals surface area contributed by atoms with Gasteiger partial charge >= 0.3 is 12.1 Å². The number of carboxylic acid groups (broad SMARTS) is 1. The van der Waals surface area contributed by atoms with Crippen molar-refractivity contribution in [1.29, 1.82) is 0 Å². The van der Waals surface area contributed by atoms with E-state index < -0.39 is 24.0 Å². The molecule has 0 spiro atoms. The first kappa shape index (κ1) is 23.2. The number of fused-ring (bicyclic) bond motifs is 1. The molecule has 3 aromatic rings. The van der Waals surface area contributed by atoms with Gasteiger partial charge in [0.2, 0.25) is 0 Å². The van der Waals surface area contributed by atoms with E-state index >= 15 is 0 Å². The van der Waals surface area contributed by atoms with E-state index in [0.717, 1.165) is 22.3 Å². The van der Waals surface area contributed by atoms with E-state index in [1.807, 2.05) is 43.5 Å². The second-order valence-corrected chi connectivity index (χ2v) is 8.34. The highest BCUT2D eigenvalue weighted by Crippen LogP contribution is 2.26. The number of likely N-dealkylation sites (tertiary alicyclic amines) is 1. The maximum Gasteiger partial charge on any atom is 0.407 e. The van der Waals surface area contributed by atoms with Crippen LogP contribution in [0.1, 0.15) is 17.5 Å². The molecule has 2 unspecified atom stereocenters. The molecule has 0 saturated carbocycles. The number of carboxylic acids is 1. The molecule has 1 amide bonds. The Kier molecular flexibility index (Phi) is 7.07. The molecule has 1 fully saturated rings. The summed E-state index contributed by atoms with van der Waals surface area (Å²) in [5, 5.41) is 20.1. The molecule has 178 valence electrons. The van der Waals surface area contributed by atoms with Gasteiger partial charge in [-0.05, 0) is 42.7 Å². The van der Waals surface area contributed by atoms with Gasteiger partial charge in [0, 0.05) is 37.6 Å². The van der Waals surface area contributed by atoms with Gasteiger partial charge in [-0.2, -0.15) is 5.10 Å². The highest BCUT2D eigenvalue weighted by molar-refractivity contribution is 5.77. The number of aliphatic carboxylic acids is 1. The molecule has 2 atom stereocenters. The van der Waals surface area contributed by atoms with Crippen molar-refractivity contribution in [1.82, 2.24) is 24.8 Å². The second kappa shape index (κ2) is 10.3. The number of benzene rings is 1. The summed E-state index contributed by atoms with van der Waals surface area (Å²) in [6.07, 6.45) is 4.69. The van der Waals surface area contributed by atoms with E-state index in [-0.39, 0.29) is 6.61 Å². The number of rotatable bonds is 8. The minimum absolute atomic E-state index is 0.0745. The smallest absolute Gasteiger partial charge is 0.407 e. The second-order valence-electron chi connectivity index (χ2n) is 8.34. The van der Waals surface area contributed by atoms with E-state index in [0.29, 0.717) is 31.9 Å². The Bertz CT molecular complexity index is 1190. The van der Waals surface area contributed by atoms with Crippen LogP contribution in [0.5, 0.6) is 0 Å². The van der Waals surface area contributed by atoms with Crippen LogP contribution in [-0.4, -0.2) is 62.4 Å². The molecular weight excluding hydrogens is 436 g/mol. The van der Waals surface area contributed by atoms with Crippen molar-refractivity contribution in [3.63, 3.8) is 0 Å². The lowest BCUT2D eigenvalue weighted by Crippen LogP contribution is -2.53. The molecule has 0 bridgehead atoms. The third-order valence-electron chi connectivity index (χ3n) is 5.86. The quantitative estimate of drug-likeness (QED) is 0.435. The number of alkyl carbamates (subject to hydrolysis) is 1. The minimum Gasteiger partial charge on any atom is -0.481 e. The topological polar surface area (TPSA) is 121 Å². The Morgan fingerprint density at radius 1 is 1.35 bits per heavy atom. The minimum atomic E-state index is -0.953. The largest absolute Gasteiger partial charge is 0.481 e. The molecule has 0 aliphatic carbocycles. The maximum absolute atomic E-state index is 11.9. The Balaban J connectivity index is 1.50. The fraction of sp³-hybridized carbons (Fsp3) is 0.333. The molecule has 34 heavy (non-hydrogen) atoms. The standard InChI is InChI=1S/C24H28N6O4/c1-3-11-34-24(33)28-20-8-9-29(14-19(20)23(31)32)13-17-7-10-30-21(17)22(25-15-26-30)27-18-6-4-5-16(2)12-18/h3-7,10,12,15,19-20H,1,8-9,11,13-14H2,2H3,(H,28,33)(H,31,32)(H,25,26,27). The summed E-state index contributed by atoms with van der Waals surface area (Å²) in [7, 11) is 0. The van der Waals surface area contributed by atoms with Gasteiger partial charge in [-0.1, -0.05) is 24.8 Å². The summed E-state index contributed by atoms with van der Waals surface area (Å²) in [5.41, 5.74) is 3.88.